The number of allylic oxidation sites excluding steroid dienone is 1. The van der Waals surface area contributed by atoms with Crippen molar-refractivity contribution in [2.24, 2.45) is 0 Å². The van der Waals surface area contributed by atoms with Crippen molar-refractivity contribution in [1.82, 2.24) is 0 Å². The number of unbranched alkanes of at least 4 members (excludes halogenated alkanes) is 9. The maximum Gasteiger partial charge on any atom is 0.327 e. The Hall–Kier alpha value is -0.790. The highest BCUT2D eigenvalue weighted by Crippen LogP contribution is 2.10. The lowest BCUT2D eigenvalue weighted by atomic mass is 10.1. The van der Waals surface area contributed by atoms with Crippen molar-refractivity contribution < 1.29 is 9.90 Å². The normalized spacial score (nSPS) is 11.1. The minimum absolute atomic E-state index is 0.837. The fourth-order valence-electron chi connectivity index (χ4n) is 1.76. The quantitative estimate of drug-likeness (QED) is 0.414. The molecule has 0 aliphatic carbocycles. The summed E-state index contributed by atoms with van der Waals surface area (Å²) in [5.41, 5.74) is 0. The molecule has 0 aromatic rings. The lowest BCUT2D eigenvalue weighted by Crippen LogP contribution is -1.85. The molecule has 0 aromatic carbocycles. The fourth-order valence-corrected chi connectivity index (χ4v) is 1.76. The van der Waals surface area contributed by atoms with Crippen LogP contribution in [-0.2, 0) is 4.79 Å². The summed E-state index contributed by atoms with van der Waals surface area (Å²) in [6, 6.07) is 0. The maximum atomic E-state index is 10.2. The summed E-state index contributed by atoms with van der Waals surface area (Å²) in [6.45, 7) is 2.24. The third kappa shape index (κ3) is 13.2. The van der Waals surface area contributed by atoms with Gasteiger partial charge in [0.15, 0.2) is 0 Å². The first-order chi connectivity index (χ1) is 7.77. The second-order valence-corrected chi connectivity index (χ2v) is 4.36. The highest BCUT2D eigenvalue weighted by molar-refractivity contribution is 5.79. The lowest BCUT2D eigenvalue weighted by molar-refractivity contribution is -0.131. The van der Waals surface area contributed by atoms with E-state index < -0.39 is 5.97 Å². The van der Waals surface area contributed by atoms with Gasteiger partial charge in [-0.05, 0) is 12.8 Å². The molecule has 0 aromatic heterocycles. The van der Waals surface area contributed by atoms with Crippen LogP contribution in [0.25, 0.3) is 0 Å². The van der Waals surface area contributed by atoms with Crippen LogP contribution in [0.3, 0.4) is 0 Å². The summed E-state index contributed by atoms with van der Waals surface area (Å²) in [5.74, 6) is -0.837. The number of hydrogen-bond acceptors (Lipinski definition) is 1. The predicted octanol–water partition coefficient (Wildman–Crippen LogP) is 4.55. The molecule has 0 fully saturated rings. The van der Waals surface area contributed by atoms with Gasteiger partial charge in [0.1, 0.15) is 0 Å². The number of carbonyl (C=O) groups is 1. The van der Waals surface area contributed by atoms with Gasteiger partial charge in [-0.15, -0.1) is 0 Å². The van der Waals surface area contributed by atoms with E-state index in [4.69, 9.17) is 5.11 Å². The van der Waals surface area contributed by atoms with E-state index in [1.165, 1.54) is 57.4 Å². The van der Waals surface area contributed by atoms with E-state index in [2.05, 4.69) is 6.92 Å². The second kappa shape index (κ2) is 12.3. The van der Waals surface area contributed by atoms with Gasteiger partial charge in [0, 0.05) is 6.08 Å². The molecule has 0 saturated heterocycles. The van der Waals surface area contributed by atoms with Crippen molar-refractivity contribution in [2.45, 2.75) is 71.1 Å². The Morgan fingerprint density at radius 2 is 1.44 bits per heavy atom. The molecule has 2 heteroatoms. The van der Waals surface area contributed by atoms with E-state index in [-0.39, 0.29) is 0 Å². The van der Waals surface area contributed by atoms with Gasteiger partial charge >= 0.3 is 5.97 Å². The lowest BCUT2D eigenvalue weighted by Gasteiger charge is -2.00. The monoisotopic (exact) mass is 226 g/mol. The topological polar surface area (TPSA) is 37.3 Å². The summed E-state index contributed by atoms with van der Waals surface area (Å²) in [6.07, 6.45) is 15.7. The Kier molecular flexibility index (Phi) is 11.7. The van der Waals surface area contributed by atoms with Crippen LogP contribution in [0.5, 0.6) is 0 Å². The molecule has 0 unspecified atom stereocenters. The molecule has 0 atom stereocenters. The minimum Gasteiger partial charge on any atom is -0.478 e. The highest BCUT2D eigenvalue weighted by atomic mass is 16.4. The first kappa shape index (κ1) is 15.2. The van der Waals surface area contributed by atoms with Gasteiger partial charge in [0.05, 0.1) is 0 Å². The zero-order valence-corrected chi connectivity index (χ0v) is 10.6. The van der Waals surface area contributed by atoms with Crippen LogP contribution < -0.4 is 0 Å². The molecule has 0 bridgehead atoms. The highest BCUT2D eigenvalue weighted by Gasteiger charge is 1.91. The van der Waals surface area contributed by atoms with Crippen molar-refractivity contribution in [3.05, 3.63) is 12.2 Å². The van der Waals surface area contributed by atoms with E-state index in [9.17, 15) is 4.79 Å². The summed E-state index contributed by atoms with van der Waals surface area (Å²) in [7, 11) is 0. The van der Waals surface area contributed by atoms with Crippen LogP contribution in [0, 0.1) is 0 Å². The predicted molar refractivity (Wildman–Crippen MR) is 68.6 cm³/mol. The van der Waals surface area contributed by atoms with E-state index in [0.29, 0.717) is 0 Å². The summed E-state index contributed by atoms with van der Waals surface area (Å²) in [4.78, 5) is 10.2. The number of rotatable bonds is 11. The van der Waals surface area contributed by atoms with Crippen LogP contribution in [0.15, 0.2) is 12.2 Å². The Labute approximate surface area is 99.7 Å². The molecule has 0 radical (unpaired) electrons. The summed E-state index contributed by atoms with van der Waals surface area (Å²) < 4.78 is 0. The Morgan fingerprint density at radius 3 is 1.94 bits per heavy atom. The van der Waals surface area contributed by atoms with Crippen molar-refractivity contribution in [2.75, 3.05) is 0 Å². The summed E-state index contributed by atoms with van der Waals surface area (Å²) in [5, 5.41) is 8.37. The van der Waals surface area contributed by atoms with Gasteiger partial charge in [-0.3, -0.25) is 0 Å². The third-order valence-corrected chi connectivity index (χ3v) is 2.73. The molecule has 0 rings (SSSR count). The molecule has 94 valence electrons. The molecule has 0 spiro atoms. The SMILES string of the molecule is CCCCCCCCCCC/C=C/C(=O)O. The van der Waals surface area contributed by atoms with Gasteiger partial charge in [0.25, 0.3) is 0 Å². The van der Waals surface area contributed by atoms with E-state index in [1.54, 1.807) is 6.08 Å². The molecule has 0 saturated carbocycles. The van der Waals surface area contributed by atoms with Crippen LogP contribution in [0.4, 0.5) is 0 Å². The Balaban J connectivity index is 3.01. The van der Waals surface area contributed by atoms with E-state index in [0.717, 1.165) is 12.8 Å². The largest absolute Gasteiger partial charge is 0.478 e. The van der Waals surface area contributed by atoms with Gasteiger partial charge in [-0.2, -0.15) is 0 Å². The number of carboxylic acid groups (broad SMARTS) is 1. The maximum absolute atomic E-state index is 10.2. The zero-order valence-electron chi connectivity index (χ0n) is 10.6. The molecule has 0 heterocycles. The van der Waals surface area contributed by atoms with Crippen LogP contribution in [-0.4, -0.2) is 11.1 Å². The average molecular weight is 226 g/mol. The first-order valence-electron chi connectivity index (χ1n) is 6.67. The van der Waals surface area contributed by atoms with Crippen LogP contribution in [0.2, 0.25) is 0 Å². The Morgan fingerprint density at radius 1 is 0.938 bits per heavy atom. The zero-order chi connectivity index (χ0) is 12.1. The van der Waals surface area contributed by atoms with Crippen molar-refractivity contribution in [1.29, 1.82) is 0 Å². The first-order valence-corrected chi connectivity index (χ1v) is 6.67. The van der Waals surface area contributed by atoms with Crippen LogP contribution in [0.1, 0.15) is 71.1 Å². The molecule has 0 aliphatic rings. The van der Waals surface area contributed by atoms with E-state index >= 15 is 0 Å². The number of hydrogen-bond donors (Lipinski definition) is 1. The van der Waals surface area contributed by atoms with Crippen molar-refractivity contribution in [3.8, 4) is 0 Å². The number of carboxylic acids is 1. The molecule has 0 aliphatic heterocycles. The van der Waals surface area contributed by atoms with Crippen molar-refractivity contribution >= 4 is 5.97 Å². The smallest absolute Gasteiger partial charge is 0.327 e. The molecule has 1 N–H and O–H groups in total. The molecule has 0 amide bonds. The fraction of sp³-hybridized carbons (Fsp3) is 0.786. The van der Waals surface area contributed by atoms with Gasteiger partial charge in [0.2, 0.25) is 0 Å². The standard InChI is InChI=1S/C14H26O2/c1-2-3-4-5-6-7-8-9-10-11-12-13-14(15)16/h12-13H,2-11H2,1H3,(H,15,16)/b13-12+. The van der Waals surface area contributed by atoms with Crippen molar-refractivity contribution in [3.63, 3.8) is 0 Å². The average Bonchev–Trinajstić information content (AvgIpc) is 2.25. The van der Waals surface area contributed by atoms with Gasteiger partial charge in [-0.1, -0.05) is 64.4 Å². The molecular formula is C14H26O2. The molecule has 2 nitrogen and oxygen atoms in total. The molecule has 16 heavy (non-hydrogen) atoms. The third-order valence-electron chi connectivity index (χ3n) is 2.73. The Bertz CT molecular complexity index is 185. The molecular weight excluding hydrogens is 200 g/mol. The minimum atomic E-state index is -0.837. The van der Waals surface area contributed by atoms with Gasteiger partial charge in [-0.25, -0.2) is 4.79 Å². The summed E-state index contributed by atoms with van der Waals surface area (Å²) >= 11 is 0. The van der Waals surface area contributed by atoms with E-state index in [1.807, 2.05) is 0 Å². The van der Waals surface area contributed by atoms with Gasteiger partial charge < -0.3 is 5.11 Å². The number of aliphatic carboxylic acids is 1. The second-order valence-electron chi connectivity index (χ2n) is 4.36. The van der Waals surface area contributed by atoms with Crippen LogP contribution >= 0.6 is 0 Å².